The summed E-state index contributed by atoms with van der Waals surface area (Å²) in [6, 6.07) is 14.0. The minimum atomic E-state index is -0.327. The standard InChI is InChI=1S/C22H27BrN4O3/c1-15(2)27(3)21(29)17-9-7-16(8-10-17)14-26-22(30)25-12-11-24-20(28)18-5-4-6-19(23)13-18/h4-10,13,15H,11-12,14H2,1-3H3,(H,24,28)(H2,25,26,30). The number of carbonyl (C=O) groups excluding carboxylic acids is 3. The quantitative estimate of drug-likeness (QED) is 0.513. The van der Waals surface area contributed by atoms with Crippen molar-refractivity contribution >= 4 is 33.8 Å². The number of nitrogens with one attached hydrogen (secondary N) is 3. The Labute approximate surface area is 185 Å². The van der Waals surface area contributed by atoms with E-state index in [-0.39, 0.29) is 23.9 Å². The summed E-state index contributed by atoms with van der Waals surface area (Å²) < 4.78 is 0.831. The summed E-state index contributed by atoms with van der Waals surface area (Å²) in [5.41, 5.74) is 2.05. The molecule has 0 aliphatic rings. The smallest absolute Gasteiger partial charge is 0.315 e. The van der Waals surface area contributed by atoms with Gasteiger partial charge in [0.15, 0.2) is 0 Å². The zero-order valence-corrected chi connectivity index (χ0v) is 19.0. The molecule has 0 unspecified atom stereocenters. The van der Waals surface area contributed by atoms with Crippen LogP contribution in [-0.2, 0) is 6.54 Å². The van der Waals surface area contributed by atoms with Gasteiger partial charge >= 0.3 is 6.03 Å². The van der Waals surface area contributed by atoms with Crippen molar-refractivity contribution in [3.8, 4) is 0 Å². The van der Waals surface area contributed by atoms with E-state index >= 15 is 0 Å². The topological polar surface area (TPSA) is 90.5 Å². The second-order valence-corrected chi connectivity index (χ2v) is 8.00. The highest BCUT2D eigenvalue weighted by Crippen LogP contribution is 2.11. The van der Waals surface area contributed by atoms with Crippen molar-refractivity contribution in [3.05, 3.63) is 69.7 Å². The van der Waals surface area contributed by atoms with Crippen molar-refractivity contribution in [2.24, 2.45) is 0 Å². The molecule has 0 aromatic heterocycles. The predicted octanol–water partition coefficient (Wildman–Crippen LogP) is 3.16. The molecule has 4 amide bonds. The number of nitrogens with zero attached hydrogens (tertiary/aromatic N) is 1. The number of urea groups is 1. The first-order chi connectivity index (χ1) is 14.3. The number of benzene rings is 2. The van der Waals surface area contributed by atoms with Gasteiger partial charge in [0, 0.05) is 48.3 Å². The van der Waals surface area contributed by atoms with E-state index in [4.69, 9.17) is 0 Å². The van der Waals surface area contributed by atoms with Crippen molar-refractivity contribution in [2.75, 3.05) is 20.1 Å². The van der Waals surface area contributed by atoms with Crippen LogP contribution in [0.25, 0.3) is 0 Å². The molecule has 7 nitrogen and oxygen atoms in total. The van der Waals surface area contributed by atoms with Crippen LogP contribution in [0.5, 0.6) is 0 Å². The van der Waals surface area contributed by atoms with Crippen LogP contribution >= 0.6 is 15.9 Å². The molecule has 8 heteroatoms. The third kappa shape index (κ3) is 7.18. The van der Waals surface area contributed by atoms with Gasteiger partial charge in [0.05, 0.1) is 0 Å². The zero-order valence-electron chi connectivity index (χ0n) is 17.4. The van der Waals surface area contributed by atoms with Gasteiger partial charge in [-0.2, -0.15) is 0 Å². The highest BCUT2D eigenvalue weighted by Gasteiger charge is 2.14. The minimum absolute atomic E-state index is 0.0350. The molecule has 0 heterocycles. The summed E-state index contributed by atoms with van der Waals surface area (Å²) in [4.78, 5) is 37.9. The monoisotopic (exact) mass is 474 g/mol. The molecule has 0 atom stereocenters. The predicted molar refractivity (Wildman–Crippen MR) is 120 cm³/mol. The van der Waals surface area contributed by atoms with E-state index in [0.717, 1.165) is 10.0 Å². The van der Waals surface area contributed by atoms with Crippen LogP contribution in [0.2, 0.25) is 0 Å². The molecule has 0 aliphatic heterocycles. The number of rotatable bonds is 8. The average Bonchev–Trinajstić information content (AvgIpc) is 2.74. The fourth-order valence-electron chi connectivity index (χ4n) is 2.53. The number of halogens is 1. The van der Waals surface area contributed by atoms with Crippen LogP contribution in [0.15, 0.2) is 53.0 Å². The van der Waals surface area contributed by atoms with E-state index in [1.165, 1.54) is 0 Å². The molecular weight excluding hydrogens is 448 g/mol. The summed E-state index contributed by atoms with van der Waals surface area (Å²) in [6.07, 6.45) is 0. The van der Waals surface area contributed by atoms with Gasteiger partial charge in [0.25, 0.3) is 11.8 Å². The number of amides is 4. The Balaban J connectivity index is 1.69. The fourth-order valence-corrected chi connectivity index (χ4v) is 2.93. The second-order valence-electron chi connectivity index (χ2n) is 7.08. The van der Waals surface area contributed by atoms with Gasteiger partial charge in [-0.1, -0.05) is 34.1 Å². The highest BCUT2D eigenvalue weighted by atomic mass is 79.9. The van der Waals surface area contributed by atoms with Crippen molar-refractivity contribution in [1.82, 2.24) is 20.9 Å². The number of hydrogen-bond donors (Lipinski definition) is 3. The number of hydrogen-bond acceptors (Lipinski definition) is 3. The summed E-state index contributed by atoms with van der Waals surface area (Å²) >= 11 is 3.33. The van der Waals surface area contributed by atoms with Crippen LogP contribution < -0.4 is 16.0 Å². The molecule has 0 bridgehead atoms. The molecule has 0 aliphatic carbocycles. The summed E-state index contributed by atoms with van der Waals surface area (Å²) in [6.45, 7) is 4.88. The van der Waals surface area contributed by atoms with E-state index in [0.29, 0.717) is 30.8 Å². The molecule has 2 aromatic rings. The molecule has 0 saturated heterocycles. The first-order valence-corrected chi connectivity index (χ1v) is 10.5. The lowest BCUT2D eigenvalue weighted by molar-refractivity contribution is 0.0754. The zero-order chi connectivity index (χ0) is 22.1. The molecule has 2 aromatic carbocycles. The first kappa shape index (κ1) is 23.4. The Kier molecular flexibility index (Phi) is 8.86. The van der Waals surface area contributed by atoms with Crippen molar-refractivity contribution in [1.29, 1.82) is 0 Å². The van der Waals surface area contributed by atoms with Crippen LogP contribution in [0.4, 0.5) is 4.79 Å². The summed E-state index contributed by atoms with van der Waals surface area (Å²) in [5, 5.41) is 8.20. The molecule has 2 rings (SSSR count). The molecular formula is C22H27BrN4O3. The van der Waals surface area contributed by atoms with E-state index in [1.807, 2.05) is 32.0 Å². The van der Waals surface area contributed by atoms with E-state index in [9.17, 15) is 14.4 Å². The Morgan fingerprint density at radius 2 is 1.60 bits per heavy atom. The maximum Gasteiger partial charge on any atom is 0.315 e. The van der Waals surface area contributed by atoms with Gasteiger partial charge in [0.2, 0.25) is 0 Å². The van der Waals surface area contributed by atoms with Gasteiger partial charge in [-0.25, -0.2) is 4.79 Å². The lowest BCUT2D eigenvalue weighted by Gasteiger charge is -2.21. The van der Waals surface area contributed by atoms with Crippen LogP contribution in [0.3, 0.4) is 0 Å². The van der Waals surface area contributed by atoms with Gasteiger partial charge in [-0.3, -0.25) is 9.59 Å². The molecule has 30 heavy (non-hydrogen) atoms. The molecule has 3 N–H and O–H groups in total. The van der Waals surface area contributed by atoms with Crippen LogP contribution in [0, 0.1) is 0 Å². The van der Waals surface area contributed by atoms with Crippen LogP contribution in [0.1, 0.15) is 40.1 Å². The lowest BCUT2D eigenvalue weighted by atomic mass is 10.1. The van der Waals surface area contributed by atoms with Crippen molar-refractivity contribution in [2.45, 2.75) is 26.4 Å². The van der Waals surface area contributed by atoms with Gasteiger partial charge < -0.3 is 20.9 Å². The molecule has 160 valence electrons. The fraction of sp³-hybridized carbons (Fsp3) is 0.318. The SMILES string of the molecule is CC(C)N(C)C(=O)c1ccc(CNC(=O)NCCNC(=O)c2cccc(Br)c2)cc1. The first-order valence-electron chi connectivity index (χ1n) is 9.69. The Morgan fingerprint density at radius 1 is 0.933 bits per heavy atom. The lowest BCUT2D eigenvalue weighted by Crippen LogP contribution is -2.40. The van der Waals surface area contributed by atoms with Crippen LogP contribution in [-0.4, -0.2) is 48.9 Å². The maximum absolute atomic E-state index is 12.3. The van der Waals surface area contributed by atoms with Gasteiger partial charge in [0.1, 0.15) is 0 Å². The van der Waals surface area contributed by atoms with E-state index in [2.05, 4.69) is 31.9 Å². The number of carbonyl (C=O) groups is 3. The largest absolute Gasteiger partial charge is 0.350 e. The van der Waals surface area contributed by atoms with E-state index < -0.39 is 0 Å². The Morgan fingerprint density at radius 3 is 2.23 bits per heavy atom. The normalized spacial score (nSPS) is 10.4. The third-order valence-corrected chi connectivity index (χ3v) is 5.03. The molecule has 0 fully saturated rings. The third-order valence-electron chi connectivity index (χ3n) is 4.53. The van der Waals surface area contributed by atoms with Crippen molar-refractivity contribution in [3.63, 3.8) is 0 Å². The second kappa shape index (κ2) is 11.3. The minimum Gasteiger partial charge on any atom is -0.350 e. The molecule has 0 saturated carbocycles. The average molecular weight is 475 g/mol. The summed E-state index contributed by atoms with van der Waals surface area (Å²) in [7, 11) is 1.77. The summed E-state index contributed by atoms with van der Waals surface area (Å²) in [5.74, 6) is -0.233. The van der Waals surface area contributed by atoms with Gasteiger partial charge in [-0.05, 0) is 49.7 Å². The van der Waals surface area contributed by atoms with Gasteiger partial charge in [-0.15, -0.1) is 0 Å². The Bertz CT molecular complexity index is 884. The Hall–Kier alpha value is -2.87. The van der Waals surface area contributed by atoms with Crippen molar-refractivity contribution < 1.29 is 14.4 Å². The maximum atomic E-state index is 12.3. The molecule has 0 radical (unpaired) electrons. The highest BCUT2D eigenvalue weighted by molar-refractivity contribution is 9.10. The van der Waals surface area contributed by atoms with E-state index in [1.54, 1.807) is 42.3 Å². The molecule has 0 spiro atoms.